The third-order valence-corrected chi connectivity index (χ3v) is 6.37. The third-order valence-electron chi connectivity index (χ3n) is 6.37. The minimum atomic E-state index is -1.78. The van der Waals surface area contributed by atoms with Gasteiger partial charge in [-0.2, -0.15) is 0 Å². The van der Waals surface area contributed by atoms with Crippen molar-refractivity contribution in [2.75, 3.05) is 0 Å². The van der Waals surface area contributed by atoms with Gasteiger partial charge in [-0.05, 0) is 23.3 Å². The molecule has 0 saturated carbocycles. The first kappa shape index (κ1) is 27.9. The van der Waals surface area contributed by atoms with Crippen molar-refractivity contribution < 1.29 is 29.4 Å². The van der Waals surface area contributed by atoms with Crippen molar-refractivity contribution in [1.82, 2.24) is 10.6 Å². The van der Waals surface area contributed by atoms with Crippen LogP contribution in [0.2, 0.25) is 0 Å². The van der Waals surface area contributed by atoms with Crippen LogP contribution >= 0.6 is 0 Å². The van der Waals surface area contributed by atoms with Crippen LogP contribution in [0.5, 0.6) is 0 Å². The number of amides is 2. The molecule has 40 heavy (non-hydrogen) atoms. The molecular formula is C32H28N2O6. The number of ketones is 1. The molecule has 4 N–H and O–H groups in total. The lowest BCUT2D eigenvalue weighted by Gasteiger charge is -2.25. The monoisotopic (exact) mass is 536 g/mol. The quantitative estimate of drug-likeness (QED) is 0.217. The standard InChI is InChI=1S/C32H28N2O6/c35-28(23-12-6-2-7-13-23)24-18-16-21(17-19-24)20-26(32(39)40)33-31(38)29(36)27(22-10-4-1-5-11-22)34-30(37)25-14-8-3-9-15-25/h1-19,26-27,29,36H,20H2,(H,33,38)(H,34,37)(H,39,40)/t26-,27-,29+/m0/s1. The van der Waals surface area contributed by atoms with E-state index in [1.54, 1.807) is 109 Å². The minimum Gasteiger partial charge on any atom is -0.480 e. The summed E-state index contributed by atoms with van der Waals surface area (Å²) in [4.78, 5) is 50.5. The zero-order chi connectivity index (χ0) is 28.5. The van der Waals surface area contributed by atoms with Crippen LogP contribution in [0.25, 0.3) is 0 Å². The molecule has 4 rings (SSSR count). The Morgan fingerprint density at radius 1 is 0.625 bits per heavy atom. The van der Waals surface area contributed by atoms with E-state index in [-0.39, 0.29) is 12.2 Å². The molecule has 0 radical (unpaired) electrons. The van der Waals surface area contributed by atoms with Gasteiger partial charge in [-0.3, -0.25) is 14.4 Å². The van der Waals surface area contributed by atoms with Gasteiger partial charge in [0, 0.05) is 23.1 Å². The maximum atomic E-state index is 13.1. The van der Waals surface area contributed by atoms with Gasteiger partial charge in [0.1, 0.15) is 6.04 Å². The Hall–Kier alpha value is -5.08. The predicted octanol–water partition coefficient (Wildman–Crippen LogP) is 3.56. The number of carbonyl (C=O) groups is 4. The number of hydrogen-bond donors (Lipinski definition) is 4. The highest BCUT2D eigenvalue weighted by Gasteiger charge is 2.32. The first-order valence-corrected chi connectivity index (χ1v) is 12.6. The smallest absolute Gasteiger partial charge is 0.326 e. The normalized spacial score (nSPS) is 12.9. The van der Waals surface area contributed by atoms with Crippen molar-refractivity contribution in [1.29, 1.82) is 0 Å². The molecule has 0 saturated heterocycles. The molecule has 4 aromatic carbocycles. The molecule has 0 aliphatic rings. The van der Waals surface area contributed by atoms with Crippen LogP contribution in [0.4, 0.5) is 0 Å². The second kappa shape index (κ2) is 13.1. The van der Waals surface area contributed by atoms with Crippen molar-refractivity contribution >= 4 is 23.6 Å². The Balaban J connectivity index is 1.47. The summed E-state index contributed by atoms with van der Waals surface area (Å²) in [5.41, 5.74) is 2.37. The predicted molar refractivity (Wildman–Crippen MR) is 149 cm³/mol. The number of benzene rings is 4. The van der Waals surface area contributed by atoms with E-state index in [0.717, 1.165) is 0 Å². The van der Waals surface area contributed by atoms with Gasteiger partial charge in [-0.25, -0.2) is 4.79 Å². The van der Waals surface area contributed by atoms with E-state index in [1.165, 1.54) is 0 Å². The number of rotatable bonds is 11. The fourth-order valence-corrected chi connectivity index (χ4v) is 4.21. The number of hydrogen-bond acceptors (Lipinski definition) is 5. The van der Waals surface area contributed by atoms with Gasteiger partial charge in [-0.15, -0.1) is 0 Å². The molecule has 8 heteroatoms. The molecule has 0 aromatic heterocycles. The Morgan fingerprint density at radius 2 is 1.12 bits per heavy atom. The lowest BCUT2D eigenvalue weighted by atomic mass is 9.98. The van der Waals surface area contributed by atoms with Crippen LogP contribution in [0.1, 0.15) is 43.4 Å². The largest absolute Gasteiger partial charge is 0.480 e. The van der Waals surface area contributed by atoms with E-state index in [4.69, 9.17) is 0 Å². The van der Waals surface area contributed by atoms with Gasteiger partial charge in [-0.1, -0.05) is 103 Å². The van der Waals surface area contributed by atoms with Gasteiger partial charge in [0.15, 0.2) is 11.9 Å². The van der Waals surface area contributed by atoms with E-state index in [2.05, 4.69) is 10.6 Å². The zero-order valence-electron chi connectivity index (χ0n) is 21.4. The Bertz CT molecular complexity index is 1460. The summed E-state index contributed by atoms with van der Waals surface area (Å²) in [6.07, 6.45) is -1.86. The van der Waals surface area contributed by atoms with Gasteiger partial charge >= 0.3 is 5.97 Å². The molecule has 202 valence electrons. The first-order chi connectivity index (χ1) is 19.3. The Kier molecular flexibility index (Phi) is 9.17. The number of aliphatic hydroxyl groups is 1. The highest BCUT2D eigenvalue weighted by molar-refractivity contribution is 6.09. The highest BCUT2D eigenvalue weighted by Crippen LogP contribution is 2.19. The fourth-order valence-electron chi connectivity index (χ4n) is 4.21. The number of carboxylic acids is 1. The van der Waals surface area contributed by atoms with Crippen LogP contribution in [0.15, 0.2) is 115 Å². The summed E-state index contributed by atoms with van der Waals surface area (Å²) in [6, 6.07) is 29.5. The van der Waals surface area contributed by atoms with Crippen LogP contribution in [0, 0.1) is 0 Å². The molecule has 4 aromatic rings. The molecule has 0 heterocycles. The van der Waals surface area contributed by atoms with E-state index >= 15 is 0 Å². The number of carbonyl (C=O) groups excluding carboxylic acids is 3. The van der Waals surface area contributed by atoms with E-state index in [9.17, 15) is 29.4 Å². The molecule has 8 nitrogen and oxygen atoms in total. The molecule has 0 unspecified atom stereocenters. The summed E-state index contributed by atoms with van der Waals surface area (Å²) in [7, 11) is 0. The van der Waals surface area contributed by atoms with Crippen LogP contribution in [0.3, 0.4) is 0 Å². The highest BCUT2D eigenvalue weighted by atomic mass is 16.4. The average Bonchev–Trinajstić information content (AvgIpc) is 3.00. The molecule has 0 bridgehead atoms. The van der Waals surface area contributed by atoms with Gasteiger partial charge in [0.2, 0.25) is 0 Å². The average molecular weight is 537 g/mol. The summed E-state index contributed by atoms with van der Waals surface area (Å²) in [5.74, 6) is -2.91. The summed E-state index contributed by atoms with van der Waals surface area (Å²) in [6.45, 7) is 0. The van der Waals surface area contributed by atoms with Crippen molar-refractivity contribution in [2.45, 2.75) is 24.6 Å². The summed E-state index contributed by atoms with van der Waals surface area (Å²) in [5, 5.41) is 25.8. The number of aliphatic hydroxyl groups excluding tert-OH is 1. The second-order valence-electron chi connectivity index (χ2n) is 9.17. The van der Waals surface area contributed by atoms with Crippen LogP contribution in [-0.2, 0) is 16.0 Å². The molecular weight excluding hydrogens is 508 g/mol. The maximum Gasteiger partial charge on any atom is 0.326 e. The van der Waals surface area contributed by atoms with Crippen molar-refractivity contribution in [3.05, 3.63) is 143 Å². The summed E-state index contributed by atoms with van der Waals surface area (Å²) < 4.78 is 0. The molecule has 3 atom stereocenters. The Labute approximate surface area is 231 Å². The number of carboxylic acid groups (broad SMARTS) is 1. The Morgan fingerprint density at radius 3 is 1.68 bits per heavy atom. The second-order valence-corrected chi connectivity index (χ2v) is 9.17. The van der Waals surface area contributed by atoms with Crippen molar-refractivity contribution in [2.24, 2.45) is 0 Å². The van der Waals surface area contributed by atoms with Crippen LogP contribution in [-0.4, -0.2) is 45.9 Å². The minimum absolute atomic E-state index is 0.0834. The number of aliphatic carboxylic acids is 1. The molecule has 0 aliphatic carbocycles. The first-order valence-electron chi connectivity index (χ1n) is 12.6. The lowest BCUT2D eigenvalue weighted by Crippen LogP contribution is -2.50. The van der Waals surface area contributed by atoms with Gasteiger partial charge in [0.05, 0.1) is 6.04 Å². The van der Waals surface area contributed by atoms with E-state index < -0.39 is 36.0 Å². The topological polar surface area (TPSA) is 133 Å². The fraction of sp³-hybridized carbons (Fsp3) is 0.125. The zero-order valence-corrected chi connectivity index (χ0v) is 21.4. The molecule has 0 fully saturated rings. The molecule has 2 amide bonds. The third kappa shape index (κ3) is 7.06. The van der Waals surface area contributed by atoms with Gasteiger partial charge in [0.25, 0.3) is 11.8 Å². The maximum absolute atomic E-state index is 13.1. The SMILES string of the molecule is O=C(N[C@@H](c1ccccc1)[C@@H](O)C(=O)N[C@@H](Cc1ccc(C(=O)c2ccccc2)cc1)C(=O)O)c1ccccc1. The summed E-state index contributed by atoms with van der Waals surface area (Å²) >= 11 is 0. The molecule has 0 aliphatic heterocycles. The lowest BCUT2D eigenvalue weighted by molar-refractivity contribution is -0.143. The van der Waals surface area contributed by atoms with E-state index in [1.807, 2.05) is 6.07 Å². The van der Waals surface area contributed by atoms with Crippen molar-refractivity contribution in [3.8, 4) is 0 Å². The van der Waals surface area contributed by atoms with Crippen molar-refractivity contribution in [3.63, 3.8) is 0 Å². The van der Waals surface area contributed by atoms with Crippen LogP contribution < -0.4 is 10.6 Å². The van der Waals surface area contributed by atoms with Gasteiger partial charge < -0.3 is 20.8 Å². The number of nitrogens with one attached hydrogen (secondary N) is 2. The van der Waals surface area contributed by atoms with E-state index in [0.29, 0.717) is 27.8 Å². The molecule has 0 spiro atoms.